The zero-order valence-electron chi connectivity index (χ0n) is 28.9. The van der Waals surface area contributed by atoms with E-state index in [0.717, 1.165) is 35.2 Å². The van der Waals surface area contributed by atoms with E-state index in [4.69, 9.17) is 4.98 Å². The van der Waals surface area contributed by atoms with Crippen LogP contribution in [0, 0.1) is 34.9 Å². The highest BCUT2D eigenvalue weighted by Gasteiger charge is 2.39. The van der Waals surface area contributed by atoms with E-state index in [1.807, 2.05) is 41.5 Å². The molecule has 1 amide bonds. The first-order chi connectivity index (χ1) is 23.9. The van der Waals surface area contributed by atoms with Crippen molar-refractivity contribution in [3.8, 4) is 5.75 Å². The molecule has 0 radical (unpaired) electrons. The Morgan fingerprint density at radius 1 is 0.750 bits per heavy atom. The molecule has 52 heavy (non-hydrogen) atoms. The number of carbonyl (C=O) groups is 2. The van der Waals surface area contributed by atoms with Gasteiger partial charge in [-0.2, -0.15) is 4.31 Å². The number of aromatic hydroxyl groups is 1. The number of aromatic carboxylic acids is 1. The van der Waals surface area contributed by atoms with Crippen molar-refractivity contribution in [2.24, 2.45) is 0 Å². The molecule has 278 valence electrons. The van der Waals surface area contributed by atoms with Gasteiger partial charge in [0.05, 0.1) is 13.1 Å². The minimum absolute atomic E-state index is 0.0538. The second-order valence-corrected chi connectivity index (χ2v) is 15.9. The van der Waals surface area contributed by atoms with Crippen LogP contribution < -0.4 is 4.90 Å². The van der Waals surface area contributed by atoms with Crippen LogP contribution in [0.15, 0.2) is 59.5 Å². The highest BCUT2D eigenvalue weighted by molar-refractivity contribution is 7.89. The van der Waals surface area contributed by atoms with Crippen molar-refractivity contribution >= 4 is 27.6 Å². The Hall–Kier alpha value is -4.96. The minimum Gasteiger partial charge on any atom is -0.507 e. The fourth-order valence-corrected chi connectivity index (χ4v) is 6.52. The lowest BCUT2D eigenvalue weighted by atomic mass is 9.86. The molecule has 16 heteroatoms. The Balaban J connectivity index is 1.93. The minimum atomic E-state index is -5.82. The lowest BCUT2D eigenvalue weighted by molar-refractivity contribution is -0.119. The van der Waals surface area contributed by atoms with E-state index in [0.29, 0.717) is 17.0 Å². The van der Waals surface area contributed by atoms with Crippen molar-refractivity contribution in [3.63, 3.8) is 0 Å². The molecule has 0 atom stereocenters. The smallest absolute Gasteiger partial charge is 0.339 e. The fraction of sp³-hybridized carbons (Fsp3) is 0.306. The molecule has 0 saturated carbocycles. The molecule has 0 saturated heterocycles. The predicted molar refractivity (Wildman–Crippen MR) is 178 cm³/mol. The molecule has 0 aliphatic rings. The highest BCUT2D eigenvalue weighted by Crippen LogP contribution is 2.33. The van der Waals surface area contributed by atoms with Gasteiger partial charge in [-0.25, -0.2) is 39.6 Å². The van der Waals surface area contributed by atoms with Crippen molar-refractivity contribution in [1.29, 1.82) is 0 Å². The second kappa shape index (κ2) is 14.6. The van der Waals surface area contributed by atoms with E-state index < -0.39 is 102 Å². The van der Waals surface area contributed by atoms with Gasteiger partial charge in [0.1, 0.15) is 17.1 Å². The third kappa shape index (κ3) is 8.23. The number of rotatable bonds is 10. The van der Waals surface area contributed by atoms with Crippen LogP contribution in [0.1, 0.15) is 74.4 Å². The quantitative estimate of drug-likeness (QED) is 0.0987. The average molecular weight is 752 g/mol. The number of phenols is 1. The maximum Gasteiger partial charge on any atom is 0.339 e. The molecule has 4 rings (SSSR count). The molecule has 2 N–H and O–H groups in total. The van der Waals surface area contributed by atoms with E-state index in [9.17, 15) is 54.6 Å². The summed E-state index contributed by atoms with van der Waals surface area (Å²) in [6.07, 6.45) is 0. The molecule has 1 aromatic heterocycles. The van der Waals surface area contributed by atoms with Crippen LogP contribution in [0.25, 0.3) is 0 Å². The number of carbonyl (C=O) groups excluding carboxylic acids is 1. The normalized spacial score (nSPS) is 12.3. The highest BCUT2D eigenvalue weighted by atomic mass is 32.2. The van der Waals surface area contributed by atoms with Gasteiger partial charge in [-0.05, 0) is 35.9 Å². The summed E-state index contributed by atoms with van der Waals surface area (Å²) in [6, 6.07) is 10.9. The van der Waals surface area contributed by atoms with E-state index in [2.05, 4.69) is 0 Å². The van der Waals surface area contributed by atoms with Crippen LogP contribution in [0.3, 0.4) is 0 Å². The van der Waals surface area contributed by atoms with Crippen LogP contribution >= 0.6 is 0 Å². The summed E-state index contributed by atoms with van der Waals surface area (Å²) in [6.45, 7) is 8.50. The van der Waals surface area contributed by atoms with Crippen LogP contribution in [-0.2, 0) is 38.7 Å². The Kier molecular flexibility index (Phi) is 11.2. The molecule has 4 aromatic rings. The van der Waals surface area contributed by atoms with Gasteiger partial charge in [-0.3, -0.25) is 9.78 Å². The summed E-state index contributed by atoms with van der Waals surface area (Å²) < 4.78 is 115. The number of aromatic nitrogens is 1. The van der Waals surface area contributed by atoms with E-state index in [1.54, 1.807) is 12.1 Å². The number of benzene rings is 3. The van der Waals surface area contributed by atoms with Crippen molar-refractivity contribution in [2.75, 3.05) is 11.4 Å². The molecular weight excluding hydrogens is 716 g/mol. The van der Waals surface area contributed by atoms with Crippen LogP contribution in [0.2, 0.25) is 0 Å². The number of hydrogen-bond donors (Lipinski definition) is 2. The molecule has 0 spiro atoms. The first kappa shape index (κ1) is 39.8. The maximum absolute atomic E-state index is 15.0. The maximum atomic E-state index is 15.0. The Morgan fingerprint density at radius 2 is 1.27 bits per heavy atom. The molecule has 3 aromatic carbocycles. The monoisotopic (exact) mass is 751 g/mol. The lowest BCUT2D eigenvalue weighted by Crippen LogP contribution is -2.43. The Labute approximate surface area is 296 Å². The molecule has 1 heterocycles. The summed E-state index contributed by atoms with van der Waals surface area (Å²) in [5, 5.41) is 20.0. The van der Waals surface area contributed by atoms with Gasteiger partial charge in [-0.1, -0.05) is 59.7 Å². The number of anilines is 1. The van der Waals surface area contributed by atoms with Crippen LogP contribution in [0.4, 0.5) is 32.0 Å². The number of hydrogen-bond acceptors (Lipinski definition) is 6. The summed E-state index contributed by atoms with van der Waals surface area (Å²) in [7, 11) is -5.82. The van der Waals surface area contributed by atoms with Crippen molar-refractivity contribution in [1.82, 2.24) is 9.29 Å². The zero-order valence-corrected chi connectivity index (χ0v) is 29.7. The van der Waals surface area contributed by atoms with Crippen molar-refractivity contribution in [3.05, 3.63) is 118 Å². The SMILES string of the molecule is CC(C)(C)c1cc(CN(C(=O)CN(Cc2ccccc2F)S(=O)(=O)c2c(F)c(F)c(F)c(F)c2F)c2ccc(C(=O)O)c(O)c2)cc(C(C)(C)C)n1. The molecule has 0 unspecified atom stereocenters. The van der Waals surface area contributed by atoms with Gasteiger partial charge in [0.25, 0.3) is 0 Å². The van der Waals surface area contributed by atoms with E-state index >= 15 is 0 Å². The largest absolute Gasteiger partial charge is 0.507 e. The topological polar surface area (TPSA) is 128 Å². The number of halogens is 6. The van der Waals surface area contributed by atoms with Gasteiger partial charge in [-0.15, -0.1) is 0 Å². The number of amides is 1. The molecular formula is C36H35F6N3O6S. The van der Waals surface area contributed by atoms with Crippen molar-refractivity contribution in [2.45, 2.75) is 70.4 Å². The second-order valence-electron chi connectivity index (χ2n) is 14.0. The number of carboxylic acids is 1. The number of carboxylic acid groups (broad SMARTS) is 1. The average Bonchev–Trinajstić information content (AvgIpc) is 3.04. The molecule has 9 nitrogen and oxygen atoms in total. The van der Waals surface area contributed by atoms with Crippen molar-refractivity contribution < 1.29 is 54.6 Å². The first-order valence-corrected chi connectivity index (χ1v) is 17.0. The van der Waals surface area contributed by atoms with Gasteiger partial charge in [0, 0.05) is 46.1 Å². The standard InChI is InChI=1S/C36H35F6N3O6S/c1-35(2,3)25-13-19(14-26(43-25)36(4,5)6)16-45(21-11-12-22(34(48)49)24(46)15-21)27(47)18-44(17-20-9-7-8-10-23(20)37)52(50,51)33-31(41)29(39)28(38)30(40)32(33)42/h7-15,46H,16-18H2,1-6H3,(H,48,49). The summed E-state index contributed by atoms with van der Waals surface area (Å²) >= 11 is 0. The summed E-state index contributed by atoms with van der Waals surface area (Å²) in [4.78, 5) is 29.3. The number of pyridine rings is 1. The summed E-state index contributed by atoms with van der Waals surface area (Å²) in [5.74, 6) is -17.6. The third-order valence-corrected chi connectivity index (χ3v) is 9.78. The number of nitrogens with zero attached hydrogens (tertiary/aromatic N) is 3. The zero-order chi connectivity index (χ0) is 39.1. The molecule has 0 fully saturated rings. The van der Waals surface area contributed by atoms with Crippen LogP contribution in [0.5, 0.6) is 5.75 Å². The third-order valence-electron chi connectivity index (χ3n) is 7.97. The van der Waals surface area contributed by atoms with Crippen LogP contribution in [-0.4, -0.2) is 46.3 Å². The van der Waals surface area contributed by atoms with Gasteiger partial charge in [0.15, 0.2) is 28.2 Å². The predicted octanol–water partition coefficient (Wildman–Crippen LogP) is 7.34. The van der Waals surface area contributed by atoms with E-state index in [-0.39, 0.29) is 16.5 Å². The number of sulfonamides is 1. The van der Waals surface area contributed by atoms with Gasteiger partial charge in [0.2, 0.25) is 21.7 Å². The molecule has 0 aliphatic heterocycles. The Bertz CT molecular complexity index is 2110. The molecule has 0 aliphatic carbocycles. The Morgan fingerprint density at radius 3 is 1.75 bits per heavy atom. The lowest BCUT2D eigenvalue weighted by Gasteiger charge is -2.29. The fourth-order valence-electron chi connectivity index (χ4n) is 5.04. The van der Waals surface area contributed by atoms with Gasteiger partial charge >= 0.3 is 5.97 Å². The van der Waals surface area contributed by atoms with E-state index in [1.165, 1.54) is 12.1 Å². The van der Waals surface area contributed by atoms with Gasteiger partial charge < -0.3 is 15.1 Å². The summed E-state index contributed by atoms with van der Waals surface area (Å²) in [5.41, 5.74) is -0.517. The molecule has 0 bridgehead atoms. The first-order valence-electron chi connectivity index (χ1n) is 15.6.